The van der Waals surface area contributed by atoms with Crippen LogP contribution in [-0.2, 0) is 4.79 Å². The van der Waals surface area contributed by atoms with Crippen molar-refractivity contribution in [1.82, 2.24) is 0 Å². The fraction of sp³-hybridized carbons (Fsp3) is 0.200. The van der Waals surface area contributed by atoms with Crippen LogP contribution in [0.5, 0.6) is 5.75 Å². The minimum absolute atomic E-state index is 0.148. The van der Waals surface area contributed by atoms with Gasteiger partial charge in [-0.3, -0.25) is 9.59 Å². The summed E-state index contributed by atoms with van der Waals surface area (Å²) in [4.78, 5) is 26.4. The zero-order valence-corrected chi connectivity index (χ0v) is 16.0. The Kier molecular flexibility index (Phi) is 5.69. The van der Waals surface area contributed by atoms with Crippen LogP contribution in [0, 0.1) is 0 Å². The molecule has 3 rings (SSSR count). The van der Waals surface area contributed by atoms with Gasteiger partial charge in [-0.05, 0) is 67.1 Å². The van der Waals surface area contributed by atoms with Gasteiger partial charge in [0.1, 0.15) is 5.75 Å². The second kappa shape index (κ2) is 7.98. The molecule has 0 aromatic heterocycles. The van der Waals surface area contributed by atoms with Gasteiger partial charge in [0.05, 0.1) is 16.7 Å². The van der Waals surface area contributed by atoms with Crippen molar-refractivity contribution in [3.05, 3.63) is 64.0 Å². The number of thioether (sulfide) groups is 1. The Morgan fingerprint density at radius 3 is 2.58 bits per heavy atom. The van der Waals surface area contributed by atoms with Gasteiger partial charge in [-0.15, -0.1) is 0 Å². The number of amides is 2. The molecule has 26 heavy (non-hydrogen) atoms. The van der Waals surface area contributed by atoms with Gasteiger partial charge in [-0.2, -0.15) is 0 Å². The number of nitrogens with zero attached hydrogens (tertiary/aromatic N) is 1. The molecule has 0 saturated carbocycles. The Balaban J connectivity index is 1.79. The van der Waals surface area contributed by atoms with Gasteiger partial charge in [0, 0.05) is 5.02 Å². The molecule has 2 aromatic carbocycles. The molecule has 1 aliphatic rings. The molecule has 0 radical (unpaired) electrons. The number of anilines is 1. The fourth-order valence-electron chi connectivity index (χ4n) is 2.42. The number of hydrogen-bond donors (Lipinski definition) is 0. The maximum Gasteiger partial charge on any atom is 0.298 e. The third-order valence-electron chi connectivity index (χ3n) is 3.95. The van der Waals surface area contributed by atoms with Gasteiger partial charge < -0.3 is 4.74 Å². The average molecular weight is 388 g/mol. The van der Waals surface area contributed by atoms with Gasteiger partial charge >= 0.3 is 0 Å². The van der Waals surface area contributed by atoms with Gasteiger partial charge in [0.25, 0.3) is 11.1 Å². The molecule has 1 heterocycles. The second-order valence-electron chi connectivity index (χ2n) is 5.90. The zero-order chi connectivity index (χ0) is 18.7. The molecule has 0 bridgehead atoms. The maximum absolute atomic E-state index is 12.6. The van der Waals surface area contributed by atoms with E-state index in [9.17, 15) is 9.59 Å². The summed E-state index contributed by atoms with van der Waals surface area (Å²) in [5, 5.41) is 0.141. The molecule has 1 fully saturated rings. The predicted molar refractivity (Wildman–Crippen MR) is 107 cm³/mol. The van der Waals surface area contributed by atoms with E-state index in [1.165, 1.54) is 0 Å². The van der Waals surface area contributed by atoms with Crippen molar-refractivity contribution in [3.8, 4) is 5.75 Å². The highest BCUT2D eigenvalue weighted by atomic mass is 35.5. The van der Waals surface area contributed by atoms with Crippen LogP contribution in [0.3, 0.4) is 0 Å². The topological polar surface area (TPSA) is 46.6 Å². The van der Waals surface area contributed by atoms with Crippen LogP contribution in [0.4, 0.5) is 10.5 Å². The maximum atomic E-state index is 12.6. The van der Waals surface area contributed by atoms with Crippen molar-refractivity contribution >= 4 is 46.3 Å². The van der Waals surface area contributed by atoms with E-state index in [0.717, 1.165) is 34.4 Å². The first kappa shape index (κ1) is 18.5. The summed E-state index contributed by atoms with van der Waals surface area (Å²) in [6.45, 7) is 4.08. The fourth-order valence-corrected chi connectivity index (χ4v) is 3.44. The molecule has 2 amide bonds. The Morgan fingerprint density at radius 1 is 1.19 bits per heavy atom. The van der Waals surface area contributed by atoms with Crippen LogP contribution in [0.25, 0.3) is 6.08 Å². The highest BCUT2D eigenvalue weighted by molar-refractivity contribution is 8.19. The molecule has 4 nitrogen and oxygen atoms in total. The van der Waals surface area contributed by atoms with Crippen LogP contribution < -0.4 is 9.64 Å². The van der Waals surface area contributed by atoms with Crippen molar-refractivity contribution in [2.24, 2.45) is 0 Å². The quantitative estimate of drug-likeness (QED) is 0.612. The number of carbonyl (C=O) groups is 2. The second-order valence-corrected chi connectivity index (χ2v) is 7.33. The number of ether oxygens (including phenoxy) is 1. The lowest BCUT2D eigenvalue weighted by atomic mass is 10.2. The lowest BCUT2D eigenvalue weighted by molar-refractivity contribution is -0.113. The minimum atomic E-state index is -0.345. The van der Waals surface area contributed by atoms with Crippen molar-refractivity contribution in [2.45, 2.75) is 26.4 Å². The summed E-state index contributed by atoms with van der Waals surface area (Å²) in [5.74, 6) is 0.436. The summed E-state index contributed by atoms with van der Waals surface area (Å²) in [6.07, 6.45) is 2.79. The number of benzene rings is 2. The van der Waals surface area contributed by atoms with E-state index >= 15 is 0 Å². The molecule has 1 saturated heterocycles. The first-order chi connectivity index (χ1) is 12.5. The van der Waals surface area contributed by atoms with Crippen LogP contribution in [0.1, 0.15) is 25.8 Å². The van der Waals surface area contributed by atoms with E-state index in [1.807, 2.05) is 31.2 Å². The van der Waals surface area contributed by atoms with E-state index in [1.54, 1.807) is 30.3 Å². The van der Waals surface area contributed by atoms with E-state index in [2.05, 4.69) is 6.92 Å². The minimum Gasteiger partial charge on any atom is -0.491 e. The number of hydrogen-bond acceptors (Lipinski definition) is 4. The van der Waals surface area contributed by atoms with E-state index in [0.29, 0.717) is 15.6 Å². The number of carbonyl (C=O) groups excluding carboxylic acids is 2. The van der Waals surface area contributed by atoms with Gasteiger partial charge in [-0.25, -0.2) is 4.90 Å². The third-order valence-corrected chi connectivity index (χ3v) is 5.05. The third kappa shape index (κ3) is 4.11. The van der Waals surface area contributed by atoms with E-state index in [4.69, 9.17) is 16.3 Å². The first-order valence-electron chi connectivity index (χ1n) is 8.28. The largest absolute Gasteiger partial charge is 0.491 e. The predicted octanol–water partition coefficient (Wildman–Crippen LogP) is 5.76. The Bertz CT molecular complexity index is 864. The smallest absolute Gasteiger partial charge is 0.298 e. The summed E-state index contributed by atoms with van der Waals surface area (Å²) >= 11 is 6.88. The van der Waals surface area contributed by atoms with Gasteiger partial charge in [-0.1, -0.05) is 36.7 Å². The highest BCUT2D eigenvalue weighted by Crippen LogP contribution is 2.36. The molecule has 6 heteroatoms. The lowest BCUT2D eigenvalue weighted by Gasteiger charge is -2.12. The molecule has 2 aromatic rings. The molecule has 0 N–H and O–H groups in total. The van der Waals surface area contributed by atoms with Gasteiger partial charge in [0.15, 0.2) is 0 Å². The zero-order valence-electron chi connectivity index (χ0n) is 14.4. The Hall–Kier alpha value is -2.24. The Morgan fingerprint density at radius 2 is 1.92 bits per heavy atom. The molecule has 0 unspecified atom stereocenters. The van der Waals surface area contributed by atoms with Crippen LogP contribution in [0.15, 0.2) is 53.4 Å². The SMILES string of the molecule is CC[C@@H](C)Oc1ccc(/C=C2/SC(=O)N(c3cccc(Cl)c3)C2=O)cc1. The molecule has 134 valence electrons. The number of rotatable bonds is 5. The molecule has 1 aliphatic heterocycles. The number of imide groups is 1. The van der Waals surface area contributed by atoms with Gasteiger partial charge in [0.2, 0.25) is 0 Å². The van der Waals surface area contributed by atoms with Crippen molar-refractivity contribution in [2.75, 3.05) is 4.90 Å². The highest BCUT2D eigenvalue weighted by Gasteiger charge is 2.36. The normalized spacial score (nSPS) is 17.0. The average Bonchev–Trinajstić information content (AvgIpc) is 2.90. The summed E-state index contributed by atoms with van der Waals surface area (Å²) in [5.41, 5.74) is 1.30. The Labute approximate surface area is 161 Å². The van der Waals surface area contributed by atoms with E-state index in [-0.39, 0.29) is 17.3 Å². The summed E-state index contributed by atoms with van der Waals surface area (Å²) < 4.78 is 5.75. The molecular formula is C20H18ClNO3S. The van der Waals surface area contributed by atoms with Crippen LogP contribution >= 0.6 is 23.4 Å². The molecule has 0 spiro atoms. The van der Waals surface area contributed by atoms with Crippen molar-refractivity contribution in [3.63, 3.8) is 0 Å². The molecular weight excluding hydrogens is 370 g/mol. The monoisotopic (exact) mass is 387 g/mol. The summed E-state index contributed by atoms with van der Waals surface area (Å²) in [6, 6.07) is 14.1. The van der Waals surface area contributed by atoms with Crippen LogP contribution in [-0.4, -0.2) is 17.3 Å². The summed E-state index contributed by atoms with van der Waals surface area (Å²) in [7, 11) is 0. The lowest BCUT2D eigenvalue weighted by Crippen LogP contribution is -2.27. The first-order valence-corrected chi connectivity index (χ1v) is 9.47. The van der Waals surface area contributed by atoms with Crippen molar-refractivity contribution in [1.29, 1.82) is 0 Å². The standard InChI is InChI=1S/C20H18ClNO3S/c1-3-13(2)25-17-9-7-14(8-10-17)11-18-19(23)22(20(24)26-18)16-6-4-5-15(21)12-16/h4-13H,3H2,1-2H3/b18-11+/t13-/m1/s1. The molecule has 1 atom stereocenters. The van der Waals surface area contributed by atoms with E-state index < -0.39 is 0 Å². The number of halogens is 1. The van der Waals surface area contributed by atoms with Crippen LogP contribution in [0.2, 0.25) is 5.02 Å². The molecule has 0 aliphatic carbocycles. The van der Waals surface area contributed by atoms with Crippen molar-refractivity contribution < 1.29 is 14.3 Å².